The number of benzene rings is 1. The van der Waals surface area contributed by atoms with E-state index in [1.807, 2.05) is 6.92 Å². The second-order valence-corrected chi connectivity index (χ2v) is 5.30. The molecular weight excluding hydrogens is 324 g/mol. The molecule has 1 atom stereocenters. The van der Waals surface area contributed by atoms with Crippen LogP contribution in [0.2, 0.25) is 0 Å². The molecular formula is C18H22N2O5. The molecule has 0 aliphatic carbocycles. The number of carbonyl (C=O) groups is 2. The van der Waals surface area contributed by atoms with Crippen molar-refractivity contribution in [2.45, 2.75) is 19.9 Å². The number of hydrogen-bond acceptors (Lipinski definition) is 5. The fourth-order valence-corrected chi connectivity index (χ4v) is 2.57. The number of rotatable bonds is 7. The first-order valence-corrected chi connectivity index (χ1v) is 7.88. The van der Waals surface area contributed by atoms with Gasteiger partial charge in [0.05, 0.1) is 25.3 Å². The van der Waals surface area contributed by atoms with Gasteiger partial charge in [0.1, 0.15) is 6.61 Å². The summed E-state index contributed by atoms with van der Waals surface area (Å²) in [5.41, 5.74) is 1.45. The molecule has 134 valence electrons. The molecule has 1 aliphatic heterocycles. The molecule has 1 heterocycles. The van der Waals surface area contributed by atoms with Crippen LogP contribution in [-0.2, 0) is 9.53 Å². The molecule has 7 nitrogen and oxygen atoms in total. The quantitative estimate of drug-likeness (QED) is 0.585. The summed E-state index contributed by atoms with van der Waals surface area (Å²) in [5.74, 6) is 0.580. The van der Waals surface area contributed by atoms with Crippen LogP contribution in [0.4, 0.5) is 4.79 Å². The Morgan fingerprint density at radius 3 is 2.76 bits per heavy atom. The molecule has 0 saturated carbocycles. The van der Waals surface area contributed by atoms with Gasteiger partial charge in [-0.15, -0.1) is 0 Å². The third-order valence-corrected chi connectivity index (χ3v) is 3.64. The van der Waals surface area contributed by atoms with Gasteiger partial charge in [-0.05, 0) is 31.5 Å². The predicted molar refractivity (Wildman–Crippen MR) is 92.4 cm³/mol. The van der Waals surface area contributed by atoms with Crippen LogP contribution in [0.5, 0.6) is 11.5 Å². The lowest BCUT2D eigenvalue weighted by Gasteiger charge is -2.28. The van der Waals surface area contributed by atoms with Gasteiger partial charge in [0, 0.05) is 5.70 Å². The number of allylic oxidation sites excluding steroid dienone is 1. The Bertz CT molecular complexity index is 711. The van der Waals surface area contributed by atoms with Gasteiger partial charge >= 0.3 is 12.0 Å². The van der Waals surface area contributed by atoms with Crippen molar-refractivity contribution in [2.24, 2.45) is 0 Å². The standard InChI is InChI=1S/C18H22N2O5/c1-5-9-25-17(21)15-11(3)19-18(22)20-16(15)12-7-8-13(24-6-2)14(10-12)23-4/h5,7-8,10,16H,1,6,9H2,2-4H3,(H2,19,20,22)/t16-/m1/s1. The van der Waals surface area contributed by atoms with E-state index in [1.54, 1.807) is 25.1 Å². The van der Waals surface area contributed by atoms with E-state index in [1.165, 1.54) is 13.2 Å². The maximum Gasteiger partial charge on any atom is 0.338 e. The highest BCUT2D eigenvalue weighted by atomic mass is 16.5. The molecule has 0 saturated heterocycles. The Labute approximate surface area is 146 Å². The topological polar surface area (TPSA) is 85.9 Å². The van der Waals surface area contributed by atoms with Gasteiger partial charge in [0.2, 0.25) is 0 Å². The number of ether oxygens (including phenoxy) is 3. The lowest BCUT2D eigenvalue weighted by Crippen LogP contribution is -2.45. The van der Waals surface area contributed by atoms with E-state index in [2.05, 4.69) is 17.2 Å². The first kappa shape index (κ1) is 18.4. The summed E-state index contributed by atoms with van der Waals surface area (Å²) in [7, 11) is 1.53. The van der Waals surface area contributed by atoms with E-state index in [0.29, 0.717) is 34.9 Å². The third-order valence-electron chi connectivity index (χ3n) is 3.64. The zero-order valence-electron chi connectivity index (χ0n) is 14.5. The van der Waals surface area contributed by atoms with Crippen molar-refractivity contribution < 1.29 is 23.8 Å². The molecule has 25 heavy (non-hydrogen) atoms. The molecule has 0 unspecified atom stereocenters. The Hall–Kier alpha value is -2.96. The van der Waals surface area contributed by atoms with E-state index in [-0.39, 0.29) is 6.61 Å². The second kappa shape index (κ2) is 8.23. The van der Waals surface area contributed by atoms with Crippen molar-refractivity contribution >= 4 is 12.0 Å². The molecule has 1 aliphatic rings. The van der Waals surface area contributed by atoms with Crippen LogP contribution in [0.25, 0.3) is 0 Å². The van der Waals surface area contributed by atoms with Crippen molar-refractivity contribution in [1.29, 1.82) is 0 Å². The van der Waals surface area contributed by atoms with Crippen LogP contribution in [0.3, 0.4) is 0 Å². The minimum absolute atomic E-state index is 0.0862. The number of amides is 2. The lowest BCUT2D eigenvalue weighted by molar-refractivity contribution is -0.138. The largest absolute Gasteiger partial charge is 0.493 e. The van der Waals surface area contributed by atoms with Gasteiger partial charge in [-0.1, -0.05) is 18.7 Å². The van der Waals surface area contributed by atoms with Crippen molar-refractivity contribution in [3.05, 3.63) is 47.7 Å². The van der Waals surface area contributed by atoms with Crippen LogP contribution in [-0.4, -0.2) is 32.3 Å². The minimum atomic E-state index is -0.657. The van der Waals surface area contributed by atoms with Gasteiger partial charge in [0.25, 0.3) is 0 Å². The van der Waals surface area contributed by atoms with Crippen LogP contribution in [0.1, 0.15) is 25.5 Å². The van der Waals surface area contributed by atoms with Crippen LogP contribution < -0.4 is 20.1 Å². The normalized spacial score (nSPS) is 16.6. The number of hydrogen-bond donors (Lipinski definition) is 2. The summed E-state index contributed by atoms with van der Waals surface area (Å²) in [4.78, 5) is 24.3. The summed E-state index contributed by atoms with van der Waals surface area (Å²) >= 11 is 0. The monoisotopic (exact) mass is 346 g/mol. The Kier molecular flexibility index (Phi) is 6.05. The van der Waals surface area contributed by atoms with Gasteiger partial charge in [0.15, 0.2) is 11.5 Å². The summed E-state index contributed by atoms with van der Waals surface area (Å²) in [6.45, 7) is 7.64. The van der Waals surface area contributed by atoms with Gasteiger partial charge in [-0.2, -0.15) is 0 Å². The molecule has 2 rings (SSSR count). The minimum Gasteiger partial charge on any atom is -0.493 e. The molecule has 1 aromatic carbocycles. The summed E-state index contributed by atoms with van der Waals surface area (Å²) in [6.07, 6.45) is 1.48. The predicted octanol–water partition coefficient (Wildman–Crippen LogP) is 2.45. The SMILES string of the molecule is C=CCOC(=O)C1=C(C)NC(=O)N[C@@H]1c1ccc(OCC)c(OC)c1. The maximum atomic E-state index is 12.4. The third kappa shape index (κ3) is 4.12. The highest BCUT2D eigenvalue weighted by molar-refractivity contribution is 5.95. The lowest BCUT2D eigenvalue weighted by atomic mass is 9.95. The maximum absolute atomic E-state index is 12.4. The molecule has 0 bridgehead atoms. The van der Waals surface area contributed by atoms with Crippen molar-refractivity contribution in [2.75, 3.05) is 20.3 Å². The molecule has 0 fully saturated rings. The number of methoxy groups -OCH3 is 1. The van der Waals surface area contributed by atoms with E-state index in [9.17, 15) is 9.59 Å². The molecule has 0 radical (unpaired) electrons. The number of nitrogens with one attached hydrogen (secondary N) is 2. The van der Waals surface area contributed by atoms with Crippen LogP contribution >= 0.6 is 0 Å². The molecule has 1 aromatic rings. The first-order chi connectivity index (χ1) is 12.0. The zero-order valence-corrected chi connectivity index (χ0v) is 14.5. The smallest absolute Gasteiger partial charge is 0.338 e. The van der Waals surface area contributed by atoms with Crippen molar-refractivity contribution in [1.82, 2.24) is 10.6 Å². The molecule has 0 aromatic heterocycles. The van der Waals surface area contributed by atoms with E-state index >= 15 is 0 Å². The summed E-state index contributed by atoms with van der Waals surface area (Å²) in [5, 5.41) is 5.34. The molecule has 2 N–H and O–H groups in total. The average molecular weight is 346 g/mol. The van der Waals surface area contributed by atoms with Crippen molar-refractivity contribution in [3.8, 4) is 11.5 Å². The Morgan fingerprint density at radius 2 is 2.12 bits per heavy atom. The average Bonchev–Trinajstić information content (AvgIpc) is 2.59. The number of carbonyl (C=O) groups excluding carboxylic acids is 2. The second-order valence-electron chi connectivity index (χ2n) is 5.30. The van der Waals surface area contributed by atoms with Gasteiger partial charge < -0.3 is 24.8 Å². The van der Waals surface area contributed by atoms with Crippen LogP contribution in [0, 0.1) is 0 Å². The highest BCUT2D eigenvalue weighted by Crippen LogP contribution is 2.34. The molecule has 7 heteroatoms. The fourth-order valence-electron chi connectivity index (χ4n) is 2.57. The van der Waals surface area contributed by atoms with E-state index in [4.69, 9.17) is 14.2 Å². The van der Waals surface area contributed by atoms with Crippen LogP contribution in [0.15, 0.2) is 42.1 Å². The van der Waals surface area contributed by atoms with Gasteiger partial charge in [-0.3, -0.25) is 0 Å². The molecule has 0 spiro atoms. The zero-order chi connectivity index (χ0) is 18.4. The van der Waals surface area contributed by atoms with E-state index < -0.39 is 18.0 Å². The first-order valence-electron chi connectivity index (χ1n) is 7.88. The highest BCUT2D eigenvalue weighted by Gasteiger charge is 2.32. The van der Waals surface area contributed by atoms with E-state index in [0.717, 1.165) is 0 Å². The Balaban J connectivity index is 2.43. The summed E-state index contributed by atoms with van der Waals surface area (Å²) < 4.78 is 16.0. The van der Waals surface area contributed by atoms with Gasteiger partial charge in [-0.25, -0.2) is 9.59 Å². The fraction of sp³-hybridized carbons (Fsp3) is 0.333. The summed E-state index contributed by atoms with van der Waals surface area (Å²) in [6, 6.07) is 4.20. The number of urea groups is 1. The van der Waals surface area contributed by atoms with Crippen molar-refractivity contribution in [3.63, 3.8) is 0 Å². The Morgan fingerprint density at radius 1 is 1.36 bits per heavy atom. The molecule has 2 amide bonds. The number of esters is 1.